The van der Waals surface area contributed by atoms with E-state index in [4.69, 9.17) is 14.2 Å². The van der Waals surface area contributed by atoms with Crippen molar-refractivity contribution in [2.45, 2.75) is 279 Å². The lowest BCUT2D eigenvalue weighted by Crippen LogP contribution is -2.30. The summed E-state index contributed by atoms with van der Waals surface area (Å²) >= 11 is 0. The molecule has 0 aromatic heterocycles. The van der Waals surface area contributed by atoms with Gasteiger partial charge >= 0.3 is 17.9 Å². The van der Waals surface area contributed by atoms with E-state index in [9.17, 15) is 14.4 Å². The molecule has 0 unspecified atom stereocenters. The molecule has 0 N–H and O–H groups in total. The number of unbranched alkanes of at least 4 members (excludes halogenated alkanes) is 27. The molecule has 1 atom stereocenters. The Kier molecular flexibility index (Phi) is 41.3. The van der Waals surface area contributed by atoms with E-state index in [1.807, 2.05) is 0 Å². The van der Waals surface area contributed by atoms with E-state index in [2.05, 4.69) is 41.5 Å². The zero-order valence-corrected chi connectivity index (χ0v) is 39.1. The lowest BCUT2D eigenvalue weighted by atomic mass is 10.0. The number of carbonyl (C=O) groups is 3. The molecule has 0 aliphatic carbocycles. The van der Waals surface area contributed by atoms with Gasteiger partial charge < -0.3 is 14.2 Å². The predicted octanol–water partition coefficient (Wildman–Crippen LogP) is 16.0. The molecule has 0 aromatic carbocycles. The van der Waals surface area contributed by atoms with Gasteiger partial charge in [-0.25, -0.2) is 0 Å². The maximum atomic E-state index is 12.8. The largest absolute Gasteiger partial charge is 0.462 e. The highest BCUT2D eigenvalue weighted by Crippen LogP contribution is 2.17. The third-order valence-electron chi connectivity index (χ3n) is 11.4. The molecule has 0 aliphatic rings. The van der Waals surface area contributed by atoms with Gasteiger partial charge in [-0.3, -0.25) is 14.4 Å². The molecule has 0 rings (SSSR count). The van der Waals surface area contributed by atoms with Crippen LogP contribution in [0.1, 0.15) is 273 Å². The van der Waals surface area contributed by atoms with Crippen molar-refractivity contribution < 1.29 is 28.6 Å². The van der Waals surface area contributed by atoms with Crippen molar-refractivity contribution in [3.63, 3.8) is 0 Å². The molecule has 0 radical (unpaired) electrons. The molecule has 0 bridgehead atoms. The van der Waals surface area contributed by atoms with E-state index in [0.29, 0.717) is 19.3 Å². The smallest absolute Gasteiger partial charge is 0.306 e. The number of carbonyl (C=O) groups excluding carboxylic acids is 3. The summed E-state index contributed by atoms with van der Waals surface area (Å²) in [6.45, 7) is 13.7. The Morgan fingerprint density at radius 2 is 0.509 bits per heavy atom. The van der Waals surface area contributed by atoms with E-state index in [1.165, 1.54) is 154 Å². The second kappa shape index (κ2) is 42.5. The Hall–Kier alpha value is -1.59. The minimum absolute atomic E-state index is 0.0653. The SMILES string of the molecule is CC(C)CCCCCCCCCCCCCCC(=O)OC[C@@H](COC(=O)CCCCCCCCCCC(C)C)OC(=O)CCCCCCCCCCCCC(C)C. The molecular weight excluding hydrogens is 709 g/mol. The number of esters is 3. The van der Waals surface area contributed by atoms with E-state index in [-0.39, 0.29) is 31.1 Å². The molecule has 6 nitrogen and oxygen atoms in total. The van der Waals surface area contributed by atoms with Crippen molar-refractivity contribution in [3.05, 3.63) is 0 Å². The zero-order valence-electron chi connectivity index (χ0n) is 39.1. The van der Waals surface area contributed by atoms with E-state index >= 15 is 0 Å². The summed E-state index contributed by atoms with van der Waals surface area (Å²) in [5, 5.41) is 0. The van der Waals surface area contributed by atoms with Gasteiger partial charge in [0, 0.05) is 19.3 Å². The van der Waals surface area contributed by atoms with Crippen LogP contribution in [0, 0.1) is 17.8 Å². The van der Waals surface area contributed by atoms with Crippen molar-refractivity contribution in [3.8, 4) is 0 Å². The fraction of sp³-hybridized carbons (Fsp3) is 0.941. The molecule has 0 saturated carbocycles. The van der Waals surface area contributed by atoms with Crippen LogP contribution in [0.5, 0.6) is 0 Å². The molecular formula is C51H98O6. The fourth-order valence-electron chi connectivity index (χ4n) is 7.59. The Morgan fingerprint density at radius 1 is 0.298 bits per heavy atom. The van der Waals surface area contributed by atoms with Gasteiger partial charge in [0.1, 0.15) is 13.2 Å². The maximum absolute atomic E-state index is 12.8. The van der Waals surface area contributed by atoms with Crippen LogP contribution < -0.4 is 0 Å². The van der Waals surface area contributed by atoms with Crippen molar-refractivity contribution >= 4 is 17.9 Å². The van der Waals surface area contributed by atoms with Crippen LogP contribution in [-0.4, -0.2) is 37.2 Å². The molecule has 0 fully saturated rings. The average Bonchev–Trinajstić information content (AvgIpc) is 3.16. The van der Waals surface area contributed by atoms with E-state index < -0.39 is 6.10 Å². The fourth-order valence-corrected chi connectivity index (χ4v) is 7.59. The second-order valence-corrected chi connectivity index (χ2v) is 18.9. The molecule has 6 heteroatoms. The van der Waals surface area contributed by atoms with Gasteiger partial charge in [-0.2, -0.15) is 0 Å². The van der Waals surface area contributed by atoms with Gasteiger partial charge in [0.2, 0.25) is 0 Å². The van der Waals surface area contributed by atoms with Crippen LogP contribution in [0.4, 0.5) is 0 Å². The number of ether oxygens (including phenoxy) is 3. The van der Waals surface area contributed by atoms with Crippen molar-refractivity contribution in [1.82, 2.24) is 0 Å². The first-order chi connectivity index (χ1) is 27.6. The quantitative estimate of drug-likeness (QED) is 0.0347. The monoisotopic (exact) mass is 807 g/mol. The average molecular weight is 807 g/mol. The first kappa shape index (κ1) is 55.4. The van der Waals surface area contributed by atoms with Crippen LogP contribution in [0.3, 0.4) is 0 Å². The summed E-state index contributed by atoms with van der Waals surface area (Å²) in [6, 6.07) is 0. The van der Waals surface area contributed by atoms with Crippen LogP contribution >= 0.6 is 0 Å². The molecule has 338 valence electrons. The Morgan fingerprint density at radius 3 is 0.754 bits per heavy atom. The highest BCUT2D eigenvalue weighted by molar-refractivity contribution is 5.71. The lowest BCUT2D eigenvalue weighted by Gasteiger charge is -2.18. The van der Waals surface area contributed by atoms with Gasteiger partial charge in [0.25, 0.3) is 0 Å². The normalized spacial score (nSPS) is 12.2. The van der Waals surface area contributed by atoms with Gasteiger partial charge in [0.05, 0.1) is 0 Å². The minimum Gasteiger partial charge on any atom is -0.462 e. The predicted molar refractivity (Wildman–Crippen MR) is 243 cm³/mol. The van der Waals surface area contributed by atoms with Crippen molar-refractivity contribution in [1.29, 1.82) is 0 Å². The standard InChI is InChI=1S/C51H98O6/c1-45(2)37-31-25-19-13-9-7-8-10-15-22-28-34-40-49(52)55-43-48(44-56-50(53)41-35-29-23-18-17-21-27-33-39-47(5)6)57-51(54)42-36-30-24-16-12-11-14-20-26-32-38-46(3)4/h45-48H,7-44H2,1-6H3/t48-/m0/s1. The van der Waals surface area contributed by atoms with Crippen LogP contribution in [0.15, 0.2) is 0 Å². The summed E-state index contributed by atoms with van der Waals surface area (Å²) in [6.07, 6.45) is 40.9. The summed E-state index contributed by atoms with van der Waals surface area (Å²) in [5.74, 6) is 1.59. The third-order valence-corrected chi connectivity index (χ3v) is 11.4. The summed E-state index contributed by atoms with van der Waals surface area (Å²) in [4.78, 5) is 37.9. The van der Waals surface area contributed by atoms with Crippen LogP contribution in [0.25, 0.3) is 0 Å². The van der Waals surface area contributed by atoms with Crippen molar-refractivity contribution in [2.24, 2.45) is 17.8 Å². The number of hydrogen-bond acceptors (Lipinski definition) is 6. The molecule has 0 saturated heterocycles. The van der Waals surface area contributed by atoms with Gasteiger partial charge in [0.15, 0.2) is 6.10 Å². The van der Waals surface area contributed by atoms with Crippen LogP contribution in [0.2, 0.25) is 0 Å². The molecule has 0 heterocycles. The molecule has 0 aromatic rings. The first-order valence-electron chi connectivity index (χ1n) is 25.1. The lowest BCUT2D eigenvalue weighted by molar-refractivity contribution is -0.167. The van der Waals surface area contributed by atoms with Crippen LogP contribution in [-0.2, 0) is 28.6 Å². The zero-order chi connectivity index (χ0) is 42.0. The van der Waals surface area contributed by atoms with Crippen molar-refractivity contribution in [2.75, 3.05) is 13.2 Å². The molecule has 0 spiro atoms. The highest BCUT2D eigenvalue weighted by Gasteiger charge is 2.19. The molecule has 0 amide bonds. The topological polar surface area (TPSA) is 78.9 Å². The third kappa shape index (κ3) is 45.3. The first-order valence-corrected chi connectivity index (χ1v) is 25.1. The number of rotatable bonds is 44. The van der Waals surface area contributed by atoms with Gasteiger partial charge in [-0.15, -0.1) is 0 Å². The Labute approximate surface area is 355 Å². The minimum atomic E-state index is -0.762. The Bertz CT molecular complexity index is 883. The Balaban J connectivity index is 4.32. The van der Waals surface area contributed by atoms with E-state index in [1.54, 1.807) is 0 Å². The number of hydrogen-bond donors (Lipinski definition) is 0. The second-order valence-electron chi connectivity index (χ2n) is 18.9. The summed E-state index contributed by atoms with van der Waals surface area (Å²) in [5.41, 5.74) is 0. The van der Waals surface area contributed by atoms with E-state index in [0.717, 1.165) is 75.5 Å². The maximum Gasteiger partial charge on any atom is 0.306 e. The molecule has 0 aliphatic heterocycles. The highest BCUT2D eigenvalue weighted by atomic mass is 16.6. The summed E-state index contributed by atoms with van der Waals surface area (Å²) in [7, 11) is 0. The summed E-state index contributed by atoms with van der Waals surface area (Å²) < 4.78 is 16.8. The van der Waals surface area contributed by atoms with Gasteiger partial charge in [-0.1, -0.05) is 234 Å². The van der Waals surface area contributed by atoms with Gasteiger partial charge in [-0.05, 0) is 37.0 Å². The molecule has 57 heavy (non-hydrogen) atoms.